The number of fused-ring (bicyclic) bond motifs is 1. The highest BCUT2D eigenvalue weighted by Gasteiger charge is 2.16. The van der Waals surface area contributed by atoms with E-state index in [0.717, 1.165) is 0 Å². The van der Waals surface area contributed by atoms with E-state index < -0.39 is 10.0 Å². The highest BCUT2D eigenvalue weighted by atomic mass is 35.5. The Balaban J connectivity index is 2.02. The van der Waals surface area contributed by atoms with E-state index >= 15 is 0 Å². The molecule has 0 saturated heterocycles. The minimum absolute atomic E-state index is 0.0532. The maximum Gasteiger partial charge on any atom is 0.264 e. The van der Waals surface area contributed by atoms with Crippen LogP contribution in [-0.2, 0) is 10.0 Å². The summed E-state index contributed by atoms with van der Waals surface area (Å²) in [7, 11) is -3.73. The fraction of sp³-hybridized carbons (Fsp3) is 0. The van der Waals surface area contributed by atoms with Crippen molar-refractivity contribution in [2.75, 3.05) is 4.72 Å². The second-order valence-corrected chi connectivity index (χ2v) is 6.31. The summed E-state index contributed by atoms with van der Waals surface area (Å²) in [6.07, 6.45) is 0. The van der Waals surface area contributed by atoms with Crippen LogP contribution in [-0.4, -0.2) is 18.4 Å². The van der Waals surface area contributed by atoms with Gasteiger partial charge in [0.05, 0.1) is 10.4 Å². The lowest BCUT2D eigenvalue weighted by atomic mass is 10.2. The summed E-state index contributed by atoms with van der Waals surface area (Å²) >= 11 is 6.05. The monoisotopic (exact) mass is 319 g/mol. The van der Waals surface area contributed by atoms with Crippen molar-refractivity contribution in [1.29, 1.82) is 0 Å². The molecule has 0 atom stereocenters. The van der Waals surface area contributed by atoms with Gasteiger partial charge < -0.3 is 0 Å². The van der Waals surface area contributed by atoms with Crippen molar-refractivity contribution in [1.82, 2.24) is 9.97 Å². The van der Waals surface area contributed by atoms with E-state index in [1.54, 1.807) is 36.4 Å². The molecule has 0 aliphatic carbocycles. The first-order valence-corrected chi connectivity index (χ1v) is 7.92. The molecule has 7 heteroatoms. The molecule has 3 aromatic rings. The number of rotatable bonds is 3. The average molecular weight is 320 g/mol. The summed E-state index contributed by atoms with van der Waals surface area (Å²) < 4.78 is 26.8. The molecule has 0 radical (unpaired) electrons. The second kappa shape index (κ2) is 5.31. The number of aromatic nitrogens is 2. The molecule has 106 valence electrons. The molecular formula is C14H10ClN3O2S. The molecule has 0 fully saturated rings. The SMILES string of the molecule is O=S(=O)(Nc1nc(Cl)c2ccccc2n1)c1ccccc1. The van der Waals surface area contributed by atoms with Crippen LogP contribution >= 0.6 is 11.6 Å². The van der Waals surface area contributed by atoms with Crippen LogP contribution in [0.1, 0.15) is 0 Å². The highest BCUT2D eigenvalue weighted by molar-refractivity contribution is 7.92. The van der Waals surface area contributed by atoms with Crippen molar-refractivity contribution >= 4 is 38.5 Å². The Kier molecular flexibility index (Phi) is 3.48. The average Bonchev–Trinajstić information content (AvgIpc) is 2.48. The Morgan fingerprint density at radius 3 is 2.33 bits per heavy atom. The van der Waals surface area contributed by atoms with Gasteiger partial charge in [0.15, 0.2) is 0 Å². The number of benzene rings is 2. The summed E-state index contributed by atoms with van der Waals surface area (Å²) in [6, 6.07) is 15.1. The second-order valence-electron chi connectivity index (χ2n) is 4.27. The topological polar surface area (TPSA) is 72.0 Å². The minimum atomic E-state index is -3.73. The highest BCUT2D eigenvalue weighted by Crippen LogP contribution is 2.22. The molecule has 0 unspecified atom stereocenters. The summed E-state index contributed by atoms with van der Waals surface area (Å²) in [4.78, 5) is 8.27. The number of hydrogen-bond acceptors (Lipinski definition) is 4. The third-order valence-corrected chi connectivity index (χ3v) is 4.47. The van der Waals surface area contributed by atoms with Gasteiger partial charge in [0.1, 0.15) is 5.15 Å². The quantitative estimate of drug-likeness (QED) is 0.753. The zero-order chi connectivity index (χ0) is 14.9. The van der Waals surface area contributed by atoms with Crippen molar-refractivity contribution in [3.8, 4) is 0 Å². The number of nitrogens with zero attached hydrogens (tertiary/aromatic N) is 2. The largest absolute Gasteiger partial charge is 0.264 e. The Morgan fingerprint density at radius 2 is 1.57 bits per heavy atom. The molecule has 1 aromatic heterocycles. The lowest BCUT2D eigenvalue weighted by molar-refractivity contribution is 0.601. The summed E-state index contributed by atoms with van der Waals surface area (Å²) in [5.41, 5.74) is 0.572. The molecule has 1 heterocycles. The Bertz CT molecular complexity index is 898. The fourth-order valence-corrected chi connectivity index (χ4v) is 3.07. The van der Waals surface area contributed by atoms with Gasteiger partial charge >= 0.3 is 0 Å². The fourth-order valence-electron chi connectivity index (χ4n) is 1.86. The standard InChI is InChI=1S/C14H10ClN3O2S/c15-13-11-8-4-5-9-12(11)16-14(17-13)18-21(19,20)10-6-2-1-3-7-10/h1-9H,(H,16,17,18). The van der Waals surface area contributed by atoms with Gasteiger partial charge in [-0.15, -0.1) is 0 Å². The first-order chi connectivity index (χ1) is 10.1. The Labute approximate surface area is 126 Å². The number of sulfonamides is 1. The number of nitrogens with one attached hydrogen (secondary N) is 1. The van der Waals surface area contributed by atoms with E-state index in [2.05, 4.69) is 14.7 Å². The van der Waals surface area contributed by atoms with E-state index in [9.17, 15) is 8.42 Å². The van der Waals surface area contributed by atoms with Gasteiger partial charge in [0, 0.05) is 5.39 Å². The third-order valence-electron chi connectivity index (χ3n) is 2.84. The minimum Gasteiger partial charge on any atom is -0.247 e. The van der Waals surface area contributed by atoms with E-state index in [1.807, 2.05) is 6.07 Å². The molecule has 0 aliphatic rings. The van der Waals surface area contributed by atoms with Crippen LogP contribution in [0.2, 0.25) is 5.15 Å². The van der Waals surface area contributed by atoms with E-state index in [-0.39, 0.29) is 16.0 Å². The van der Waals surface area contributed by atoms with Crippen molar-refractivity contribution in [2.45, 2.75) is 4.90 Å². The van der Waals surface area contributed by atoms with Crippen LogP contribution in [0, 0.1) is 0 Å². The Morgan fingerprint density at radius 1 is 0.905 bits per heavy atom. The number of para-hydroxylation sites is 1. The third kappa shape index (κ3) is 2.81. The molecular weight excluding hydrogens is 310 g/mol. The molecule has 0 aliphatic heterocycles. The van der Waals surface area contributed by atoms with Gasteiger partial charge in [0.2, 0.25) is 5.95 Å². The van der Waals surface area contributed by atoms with E-state index in [4.69, 9.17) is 11.6 Å². The van der Waals surface area contributed by atoms with Crippen molar-refractivity contribution in [3.63, 3.8) is 0 Å². The van der Waals surface area contributed by atoms with Crippen LogP contribution in [0.3, 0.4) is 0 Å². The number of hydrogen-bond donors (Lipinski definition) is 1. The molecule has 3 rings (SSSR count). The van der Waals surface area contributed by atoms with Gasteiger partial charge in [0.25, 0.3) is 10.0 Å². The molecule has 21 heavy (non-hydrogen) atoms. The molecule has 0 bridgehead atoms. The zero-order valence-corrected chi connectivity index (χ0v) is 12.3. The van der Waals surface area contributed by atoms with Crippen LogP contribution < -0.4 is 4.72 Å². The van der Waals surface area contributed by atoms with Gasteiger partial charge in [-0.05, 0) is 24.3 Å². The number of halogens is 1. The predicted octanol–water partition coefficient (Wildman–Crippen LogP) is 3.08. The summed E-state index contributed by atoms with van der Waals surface area (Å²) in [6.45, 7) is 0. The first-order valence-electron chi connectivity index (χ1n) is 6.06. The van der Waals surface area contributed by atoms with Gasteiger partial charge in [-0.1, -0.05) is 41.9 Å². The maximum atomic E-state index is 12.2. The molecule has 0 spiro atoms. The predicted molar refractivity (Wildman–Crippen MR) is 81.8 cm³/mol. The van der Waals surface area contributed by atoms with Crippen LogP contribution in [0.15, 0.2) is 59.5 Å². The first kappa shape index (κ1) is 13.8. The van der Waals surface area contributed by atoms with Gasteiger partial charge in [-0.25, -0.2) is 18.1 Å². The maximum absolute atomic E-state index is 12.2. The lowest BCUT2D eigenvalue weighted by Crippen LogP contribution is -2.15. The van der Waals surface area contributed by atoms with Crippen molar-refractivity contribution in [2.24, 2.45) is 0 Å². The van der Waals surface area contributed by atoms with Crippen molar-refractivity contribution in [3.05, 3.63) is 59.8 Å². The Hall–Kier alpha value is -2.18. The molecule has 5 nitrogen and oxygen atoms in total. The van der Waals surface area contributed by atoms with E-state index in [0.29, 0.717) is 10.9 Å². The molecule has 0 amide bonds. The van der Waals surface area contributed by atoms with E-state index in [1.165, 1.54) is 12.1 Å². The zero-order valence-electron chi connectivity index (χ0n) is 10.7. The number of anilines is 1. The van der Waals surface area contributed by atoms with Crippen molar-refractivity contribution < 1.29 is 8.42 Å². The van der Waals surface area contributed by atoms with Crippen LogP contribution in [0.5, 0.6) is 0 Å². The molecule has 0 saturated carbocycles. The van der Waals surface area contributed by atoms with Gasteiger partial charge in [-0.3, -0.25) is 0 Å². The summed E-state index contributed by atoms with van der Waals surface area (Å²) in [5.74, 6) is -0.0532. The smallest absolute Gasteiger partial charge is 0.247 e. The van der Waals surface area contributed by atoms with Crippen LogP contribution in [0.25, 0.3) is 10.9 Å². The molecule has 2 aromatic carbocycles. The van der Waals surface area contributed by atoms with Crippen LogP contribution in [0.4, 0.5) is 5.95 Å². The molecule has 1 N–H and O–H groups in total. The normalized spacial score (nSPS) is 11.5. The van der Waals surface area contributed by atoms with Gasteiger partial charge in [-0.2, -0.15) is 4.98 Å². The summed E-state index contributed by atoms with van der Waals surface area (Å²) in [5, 5.41) is 0.869. The lowest BCUT2D eigenvalue weighted by Gasteiger charge is -2.08.